The molecule has 2 aromatic carbocycles. The van der Waals surface area contributed by atoms with Crippen LogP contribution in [0.25, 0.3) is 0 Å². The molecule has 6 nitrogen and oxygen atoms in total. The van der Waals surface area contributed by atoms with Gasteiger partial charge in [-0.05, 0) is 42.7 Å². The van der Waals surface area contributed by atoms with Crippen molar-refractivity contribution in [1.82, 2.24) is 15.5 Å². The lowest BCUT2D eigenvalue weighted by molar-refractivity contribution is 0.0342. The van der Waals surface area contributed by atoms with Gasteiger partial charge in [0.2, 0.25) is 0 Å². The Kier molecular flexibility index (Phi) is 11.1. The third-order valence-corrected chi connectivity index (χ3v) is 5.10. The fourth-order valence-corrected chi connectivity index (χ4v) is 3.39. The van der Waals surface area contributed by atoms with Gasteiger partial charge in [-0.2, -0.15) is 0 Å². The molecule has 3 rings (SSSR count). The molecule has 1 unspecified atom stereocenters. The number of aliphatic imine (C=N–C) groups is 1. The largest absolute Gasteiger partial charge is 0.489 e. The highest BCUT2D eigenvalue weighted by Gasteiger charge is 2.10. The van der Waals surface area contributed by atoms with Crippen LogP contribution in [0, 0.1) is 6.92 Å². The third kappa shape index (κ3) is 9.04. The van der Waals surface area contributed by atoms with Gasteiger partial charge < -0.3 is 20.1 Å². The van der Waals surface area contributed by atoms with E-state index in [4.69, 9.17) is 9.47 Å². The van der Waals surface area contributed by atoms with Gasteiger partial charge in [-0.3, -0.25) is 9.89 Å². The van der Waals surface area contributed by atoms with Gasteiger partial charge in [0.25, 0.3) is 0 Å². The van der Waals surface area contributed by atoms with Crippen molar-refractivity contribution in [2.75, 3.05) is 39.9 Å². The molecule has 170 valence electrons. The number of morpholine rings is 1. The standard InChI is InChI=1S/C24H34N4O2.HI/c1-19-5-4-6-23(15-19)30-20(2)16-26-24(25-3)27-17-21-7-9-22(10-8-21)18-28-11-13-29-14-12-28;/h4-10,15,20H,11-14,16-18H2,1-3H3,(H2,25,26,27);1H. The Bertz CT molecular complexity index is 807. The van der Waals surface area contributed by atoms with Crippen molar-refractivity contribution in [2.45, 2.75) is 33.0 Å². The van der Waals surface area contributed by atoms with Crippen LogP contribution in [0.4, 0.5) is 0 Å². The first kappa shape index (κ1) is 25.4. The van der Waals surface area contributed by atoms with Gasteiger partial charge in [0.05, 0.1) is 19.8 Å². The van der Waals surface area contributed by atoms with E-state index in [9.17, 15) is 0 Å². The molecule has 0 aliphatic carbocycles. The van der Waals surface area contributed by atoms with E-state index in [2.05, 4.69) is 64.7 Å². The zero-order valence-electron chi connectivity index (χ0n) is 18.8. The van der Waals surface area contributed by atoms with Crippen LogP contribution in [0.15, 0.2) is 53.5 Å². The summed E-state index contributed by atoms with van der Waals surface area (Å²) in [5, 5.41) is 6.71. The predicted octanol–water partition coefficient (Wildman–Crippen LogP) is 3.58. The Morgan fingerprint density at radius 2 is 1.81 bits per heavy atom. The van der Waals surface area contributed by atoms with Gasteiger partial charge in [-0.15, -0.1) is 24.0 Å². The maximum Gasteiger partial charge on any atom is 0.191 e. The van der Waals surface area contributed by atoms with E-state index >= 15 is 0 Å². The number of nitrogens with zero attached hydrogens (tertiary/aromatic N) is 2. The molecule has 31 heavy (non-hydrogen) atoms. The topological polar surface area (TPSA) is 58.1 Å². The molecule has 0 bridgehead atoms. The molecule has 0 radical (unpaired) electrons. The van der Waals surface area contributed by atoms with Crippen LogP contribution in [0.1, 0.15) is 23.6 Å². The van der Waals surface area contributed by atoms with Gasteiger partial charge in [-0.1, -0.05) is 36.4 Å². The molecule has 0 aromatic heterocycles. The summed E-state index contributed by atoms with van der Waals surface area (Å²) in [5.41, 5.74) is 3.76. The Morgan fingerprint density at radius 1 is 1.10 bits per heavy atom. The van der Waals surface area contributed by atoms with Gasteiger partial charge in [0.1, 0.15) is 11.9 Å². The van der Waals surface area contributed by atoms with Crippen molar-refractivity contribution in [1.29, 1.82) is 0 Å². The summed E-state index contributed by atoms with van der Waals surface area (Å²) in [6.45, 7) is 10.2. The van der Waals surface area contributed by atoms with Gasteiger partial charge in [0.15, 0.2) is 5.96 Å². The van der Waals surface area contributed by atoms with Crippen LogP contribution in [0.5, 0.6) is 5.75 Å². The van der Waals surface area contributed by atoms with Gasteiger partial charge >= 0.3 is 0 Å². The second-order valence-electron chi connectivity index (χ2n) is 7.76. The first-order valence-electron chi connectivity index (χ1n) is 10.7. The molecule has 0 spiro atoms. The Balaban J connectivity index is 0.00000341. The van der Waals surface area contributed by atoms with Crippen molar-refractivity contribution in [3.63, 3.8) is 0 Å². The summed E-state index contributed by atoms with van der Waals surface area (Å²) in [5.74, 6) is 1.66. The molecule has 1 fully saturated rings. The summed E-state index contributed by atoms with van der Waals surface area (Å²) in [4.78, 5) is 6.74. The van der Waals surface area contributed by atoms with Crippen LogP contribution in [-0.2, 0) is 17.8 Å². The number of nitrogens with one attached hydrogen (secondary N) is 2. The predicted molar refractivity (Wildman–Crippen MR) is 137 cm³/mol. The van der Waals surface area contributed by atoms with E-state index < -0.39 is 0 Å². The highest BCUT2D eigenvalue weighted by atomic mass is 127. The number of ether oxygens (including phenoxy) is 2. The van der Waals surface area contributed by atoms with Crippen molar-refractivity contribution in [3.8, 4) is 5.75 Å². The smallest absolute Gasteiger partial charge is 0.191 e. The number of rotatable bonds is 8. The molecule has 7 heteroatoms. The van der Waals surface area contributed by atoms with E-state index in [1.807, 2.05) is 18.2 Å². The van der Waals surface area contributed by atoms with E-state index in [1.54, 1.807) is 7.05 Å². The lowest BCUT2D eigenvalue weighted by Gasteiger charge is -2.26. The summed E-state index contributed by atoms with van der Waals surface area (Å²) in [7, 11) is 1.78. The monoisotopic (exact) mass is 538 g/mol. The van der Waals surface area contributed by atoms with Crippen molar-refractivity contribution in [2.24, 2.45) is 4.99 Å². The number of hydrogen-bond acceptors (Lipinski definition) is 4. The quantitative estimate of drug-likeness (QED) is 0.306. The average Bonchev–Trinajstić information content (AvgIpc) is 2.76. The fourth-order valence-electron chi connectivity index (χ4n) is 3.39. The summed E-state index contributed by atoms with van der Waals surface area (Å²) in [6.07, 6.45) is 0.0322. The van der Waals surface area contributed by atoms with Crippen LogP contribution in [-0.4, -0.2) is 56.9 Å². The van der Waals surface area contributed by atoms with Gasteiger partial charge in [0, 0.05) is 33.2 Å². The molecule has 2 aromatic rings. The minimum atomic E-state index is 0. The second kappa shape index (κ2) is 13.5. The van der Waals surface area contributed by atoms with Crippen LogP contribution in [0.2, 0.25) is 0 Å². The maximum atomic E-state index is 5.97. The number of guanidine groups is 1. The number of benzene rings is 2. The molecule has 1 saturated heterocycles. The Hall–Kier alpha value is -1.84. The van der Waals surface area contributed by atoms with Crippen LogP contribution in [0.3, 0.4) is 0 Å². The molecule has 0 amide bonds. The van der Waals surface area contributed by atoms with Crippen LogP contribution < -0.4 is 15.4 Å². The maximum absolute atomic E-state index is 5.97. The lowest BCUT2D eigenvalue weighted by atomic mass is 10.1. The molecule has 1 aliphatic rings. The SMILES string of the molecule is CN=C(NCc1ccc(CN2CCOCC2)cc1)NCC(C)Oc1cccc(C)c1.I. The minimum absolute atomic E-state index is 0. The van der Waals surface area contributed by atoms with Crippen LogP contribution >= 0.6 is 24.0 Å². The zero-order chi connectivity index (χ0) is 21.2. The third-order valence-electron chi connectivity index (χ3n) is 5.10. The highest BCUT2D eigenvalue weighted by molar-refractivity contribution is 14.0. The summed E-state index contributed by atoms with van der Waals surface area (Å²) in [6, 6.07) is 16.9. The van der Waals surface area contributed by atoms with Gasteiger partial charge in [-0.25, -0.2) is 0 Å². The average molecular weight is 538 g/mol. The first-order chi connectivity index (χ1) is 14.6. The lowest BCUT2D eigenvalue weighted by Crippen LogP contribution is -2.41. The molecule has 1 atom stereocenters. The Labute approximate surface area is 203 Å². The zero-order valence-corrected chi connectivity index (χ0v) is 21.1. The molecular formula is C24H35IN4O2. The molecule has 1 aliphatic heterocycles. The number of halogens is 1. The first-order valence-corrected chi connectivity index (χ1v) is 10.7. The van der Waals surface area contributed by atoms with Crippen molar-refractivity contribution < 1.29 is 9.47 Å². The fraction of sp³-hybridized carbons (Fsp3) is 0.458. The summed E-state index contributed by atoms with van der Waals surface area (Å²) < 4.78 is 11.4. The molecule has 1 heterocycles. The normalized spacial score (nSPS) is 15.6. The number of hydrogen-bond donors (Lipinski definition) is 2. The summed E-state index contributed by atoms with van der Waals surface area (Å²) >= 11 is 0. The van der Waals surface area contributed by atoms with Crippen molar-refractivity contribution in [3.05, 3.63) is 65.2 Å². The van der Waals surface area contributed by atoms with E-state index in [0.717, 1.165) is 51.1 Å². The molecule has 2 N–H and O–H groups in total. The van der Waals surface area contributed by atoms with E-state index in [-0.39, 0.29) is 30.1 Å². The second-order valence-corrected chi connectivity index (χ2v) is 7.76. The number of aryl methyl sites for hydroxylation is 1. The minimum Gasteiger partial charge on any atom is -0.489 e. The van der Waals surface area contributed by atoms with E-state index in [0.29, 0.717) is 6.54 Å². The van der Waals surface area contributed by atoms with Crippen molar-refractivity contribution >= 4 is 29.9 Å². The highest BCUT2D eigenvalue weighted by Crippen LogP contribution is 2.14. The molecular weight excluding hydrogens is 503 g/mol. The van der Waals surface area contributed by atoms with E-state index in [1.165, 1.54) is 16.7 Å². The Morgan fingerprint density at radius 3 is 2.48 bits per heavy atom. The molecule has 0 saturated carbocycles.